The Morgan fingerprint density at radius 2 is 2.08 bits per heavy atom. The van der Waals surface area contributed by atoms with Gasteiger partial charge in [-0.3, -0.25) is 0 Å². The van der Waals surface area contributed by atoms with E-state index in [1.54, 1.807) is 18.9 Å². The maximum absolute atomic E-state index is 12.2. The molecule has 0 aromatic carbocycles. The number of amides is 1. The second-order valence-corrected chi connectivity index (χ2v) is 6.84. The van der Waals surface area contributed by atoms with E-state index in [0.717, 1.165) is 6.42 Å². The third kappa shape index (κ3) is 5.01. The fourth-order valence-corrected chi connectivity index (χ4v) is 2.44. The quantitative estimate of drug-likeness (QED) is 0.753. The Balaban J connectivity index is 1.96. The number of hydrogen-bond donors (Lipinski definition) is 0. The maximum Gasteiger partial charge on any atom is 0.410 e. The predicted octanol–water partition coefficient (Wildman–Crippen LogP) is 1.49. The Bertz CT molecular complexity index is 614. The molecule has 1 unspecified atom stereocenters. The van der Waals surface area contributed by atoms with E-state index in [9.17, 15) is 9.59 Å². The summed E-state index contributed by atoms with van der Waals surface area (Å²) in [6.45, 7) is 8.78. The van der Waals surface area contributed by atoms with Gasteiger partial charge < -0.3 is 19.3 Å². The lowest BCUT2D eigenvalue weighted by molar-refractivity contribution is 0.0237. The SMILES string of the molecule is CCOC(=O)c1cnc(N2CCC(N(C)C(=O)OC(C)(C)C)C2)nn1. The van der Waals surface area contributed by atoms with Gasteiger partial charge in [-0.05, 0) is 34.1 Å². The number of hydrogen-bond acceptors (Lipinski definition) is 8. The zero-order valence-corrected chi connectivity index (χ0v) is 15.4. The molecule has 25 heavy (non-hydrogen) atoms. The van der Waals surface area contributed by atoms with Crippen molar-refractivity contribution < 1.29 is 19.1 Å². The molecule has 1 aliphatic rings. The predicted molar refractivity (Wildman–Crippen MR) is 90.4 cm³/mol. The highest BCUT2D eigenvalue weighted by Crippen LogP contribution is 2.20. The second-order valence-electron chi connectivity index (χ2n) is 6.84. The van der Waals surface area contributed by atoms with Gasteiger partial charge >= 0.3 is 12.1 Å². The molecule has 0 N–H and O–H groups in total. The molecular weight excluding hydrogens is 326 g/mol. The van der Waals surface area contributed by atoms with Crippen LogP contribution < -0.4 is 4.90 Å². The average molecular weight is 351 g/mol. The van der Waals surface area contributed by atoms with Crippen LogP contribution >= 0.6 is 0 Å². The highest BCUT2D eigenvalue weighted by atomic mass is 16.6. The summed E-state index contributed by atoms with van der Waals surface area (Å²) in [7, 11) is 1.73. The van der Waals surface area contributed by atoms with Gasteiger partial charge in [-0.25, -0.2) is 14.6 Å². The fourth-order valence-electron chi connectivity index (χ4n) is 2.44. The van der Waals surface area contributed by atoms with Crippen LogP contribution in [0.3, 0.4) is 0 Å². The van der Waals surface area contributed by atoms with E-state index in [1.165, 1.54) is 6.20 Å². The number of carbonyl (C=O) groups is 2. The first-order valence-electron chi connectivity index (χ1n) is 8.29. The van der Waals surface area contributed by atoms with Gasteiger partial charge in [0.05, 0.1) is 18.8 Å². The van der Waals surface area contributed by atoms with Gasteiger partial charge in [0.25, 0.3) is 0 Å². The number of aromatic nitrogens is 3. The number of esters is 1. The Morgan fingerprint density at radius 3 is 2.64 bits per heavy atom. The maximum atomic E-state index is 12.2. The first-order chi connectivity index (χ1) is 11.7. The minimum absolute atomic E-state index is 0.00295. The van der Waals surface area contributed by atoms with Gasteiger partial charge in [0.2, 0.25) is 5.95 Å². The number of ether oxygens (including phenoxy) is 2. The van der Waals surface area contributed by atoms with Gasteiger partial charge in [-0.15, -0.1) is 10.2 Å². The summed E-state index contributed by atoms with van der Waals surface area (Å²) in [5.74, 6) is -0.119. The van der Waals surface area contributed by atoms with Crippen molar-refractivity contribution in [3.8, 4) is 0 Å². The van der Waals surface area contributed by atoms with Crippen LogP contribution in [0.2, 0.25) is 0 Å². The second kappa shape index (κ2) is 7.62. The van der Waals surface area contributed by atoms with E-state index in [1.807, 2.05) is 25.7 Å². The molecule has 0 bridgehead atoms. The lowest BCUT2D eigenvalue weighted by Gasteiger charge is -2.28. The number of anilines is 1. The molecule has 0 radical (unpaired) electrons. The van der Waals surface area contributed by atoms with Crippen LogP contribution in [0, 0.1) is 0 Å². The van der Waals surface area contributed by atoms with Crippen molar-refractivity contribution in [1.82, 2.24) is 20.1 Å². The molecule has 2 rings (SSSR count). The summed E-state index contributed by atoms with van der Waals surface area (Å²) < 4.78 is 10.2. The minimum atomic E-state index is -0.544. The fraction of sp³-hybridized carbons (Fsp3) is 0.688. The lowest BCUT2D eigenvalue weighted by Crippen LogP contribution is -2.42. The third-order valence-corrected chi connectivity index (χ3v) is 3.71. The molecule has 1 aromatic heterocycles. The van der Waals surface area contributed by atoms with Crippen LogP contribution in [-0.4, -0.2) is 70.5 Å². The number of carbonyl (C=O) groups excluding carboxylic acids is 2. The molecule has 1 aliphatic heterocycles. The molecule has 1 fully saturated rings. The van der Waals surface area contributed by atoms with Gasteiger partial charge in [-0.1, -0.05) is 0 Å². The van der Waals surface area contributed by atoms with E-state index in [-0.39, 0.29) is 24.4 Å². The summed E-state index contributed by atoms with van der Waals surface area (Å²) >= 11 is 0. The minimum Gasteiger partial charge on any atom is -0.461 e. The van der Waals surface area contributed by atoms with Crippen LogP contribution in [0.1, 0.15) is 44.6 Å². The molecule has 1 amide bonds. The van der Waals surface area contributed by atoms with E-state index >= 15 is 0 Å². The molecular formula is C16H25N5O4. The number of rotatable bonds is 4. The van der Waals surface area contributed by atoms with E-state index in [2.05, 4.69) is 15.2 Å². The van der Waals surface area contributed by atoms with Crippen LogP contribution in [0.25, 0.3) is 0 Å². The van der Waals surface area contributed by atoms with Crippen molar-refractivity contribution in [2.75, 3.05) is 31.6 Å². The molecule has 1 saturated heterocycles. The molecule has 0 spiro atoms. The normalized spacial score (nSPS) is 17.3. The first-order valence-corrected chi connectivity index (χ1v) is 8.29. The van der Waals surface area contributed by atoms with Crippen molar-refractivity contribution in [3.05, 3.63) is 11.9 Å². The Kier molecular flexibility index (Phi) is 5.76. The van der Waals surface area contributed by atoms with E-state index in [0.29, 0.717) is 19.0 Å². The van der Waals surface area contributed by atoms with Crippen molar-refractivity contribution in [2.45, 2.75) is 45.8 Å². The van der Waals surface area contributed by atoms with Crippen LogP contribution in [0.4, 0.5) is 10.7 Å². The first kappa shape index (κ1) is 18.9. The molecule has 1 atom stereocenters. The number of likely N-dealkylation sites (N-methyl/N-ethyl adjacent to an activating group) is 1. The van der Waals surface area contributed by atoms with Gasteiger partial charge in [0, 0.05) is 20.1 Å². The topological polar surface area (TPSA) is 97.8 Å². The molecule has 1 aromatic rings. The summed E-state index contributed by atoms with van der Waals surface area (Å²) in [6.07, 6.45) is 1.78. The molecule has 2 heterocycles. The smallest absolute Gasteiger partial charge is 0.410 e. The van der Waals surface area contributed by atoms with Crippen molar-refractivity contribution in [3.63, 3.8) is 0 Å². The van der Waals surface area contributed by atoms with Gasteiger partial charge in [0.1, 0.15) is 5.60 Å². The van der Waals surface area contributed by atoms with Crippen molar-refractivity contribution in [2.24, 2.45) is 0 Å². The highest BCUT2D eigenvalue weighted by Gasteiger charge is 2.32. The molecule has 0 aliphatic carbocycles. The highest BCUT2D eigenvalue weighted by molar-refractivity contribution is 5.86. The number of nitrogens with zero attached hydrogens (tertiary/aromatic N) is 5. The van der Waals surface area contributed by atoms with Gasteiger partial charge in [0.15, 0.2) is 5.69 Å². The standard InChI is InChI=1S/C16H25N5O4/c1-6-24-13(22)12-9-17-14(19-18-12)21-8-7-11(10-21)20(5)15(23)25-16(2,3)4/h9,11H,6-8,10H2,1-5H3. The Labute approximate surface area is 147 Å². The van der Waals surface area contributed by atoms with Crippen molar-refractivity contribution >= 4 is 18.0 Å². The average Bonchev–Trinajstić information content (AvgIpc) is 3.02. The molecule has 0 saturated carbocycles. The van der Waals surface area contributed by atoms with Crippen LogP contribution in [-0.2, 0) is 9.47 Å². The molecule has 9 nitrogen and oxygen atoms in total. The Morgan fingerprint density at radius 1 is 1.36 bits per heavy atom. The van der Waals surface area contributed by atoms with Gasteiger partial charge in [-0.2, -0.15) is 0 Å². The van der Waals surface area contributed by atoms with Crippen LogP contribution in [0.15, 0.2) is 6.20 Å². The molecule has 9 heteroatoms. The summed E-state index contributed by atoms with van der Waals surface area (Å²) in [5, 5.41) is 7.85. The van der Waals surface area contributed by atoms with Crippen LogP contribution in [0.5, 0.6) is 0 Å². The largest absolute Gasteiger partial charge is 0.461 e. The lowest BCUT2D eigenvalue weighted by atomic mass is 10.2. The summed E-state index contributed by atoms with van der Waals surface area (Å²) in [6, 6.07) is 0.00295. The van der Waals surface area contributed by atoms with E-state index in [4.69, 9.17) is 9.47 Å². The van der Waals surface area contributed by atoms with E-state index < -0.39 is 11.6 Å². The summed E-state index contributed by atoms with van der Waals surface area (Å²) in [4.78, 5) is 31.4. The molecule has 138 valence electrons. The monoisotopic (exact) mass is 351 g/mol. The Hall–Kier alpha value is -2.45. The zero-order chi connectivity index (χ0) is 18.6. The zero-order valence-electron chi connectivity index (χ0n) is 15.4. The summed E-state index contributed by atoms with van der Waals surface area (Å²) in [5.41, 5.74) is -0.452. The van der Waals surface area contributed by atoms with Crippen molar-refractivity contribution in [1.29, 1.82) is 0 Å². The third-order valence-electron chi connectivity index (χ3n) is 3.71.